The Morgan fingerprint density at radius 1 is 1.32 bits per heavy atom. The van der Waals surface area contributed by atoms with Gasteiger partial charge in [-0.2, -0.15) is 0 Å². The van der Waals surface area contributed by atoms with E-state index in [1.165, 1.54) is 0 Å². The van der Waals surface area contributed by atoms with Crippen molar-refractivity contribution >= 4 is 5.91 Å². The number of aryl methyl sites for hydroxylation is 1. The highest BCUT2D eigenvalue weighted by Gasteiger charge is 2.28. The Morgan fingerprint density at radius 3 is 2.56 bits per heavy atom. The largest absolute Gasteiger partial charge is 0.493 e. The average molecular weight is 350 g/mol. The van der Waals surface area contributed by atoms with Crippen molar-refractivity contribution in [2.75, 3.05) is 40.5 Å². The molecule has 0 bridgehead atoms. The molecule has 0 aliphatic carbocycles. The van der Waals surface area contributed by atoms with E-state index >= 15 is 0 Å². The summed E-state index contributed by atoms with van der Waals surface area (Å²) in [6.07, 6.45) is 0. The zero-order valence-electron chi connectivity index (χ0n) is 16.1. The molecule has 1 amide bonds. The van der Waals surface area contributed by atoms with E-state index in [1.54, 1.807) is 14.2 Å². The summed E-state index contributed by atoms with van der Waals surface area (Å²) in [6, 6.07) is 3.75. The first-order chi connectivity index (χ1) is 11.8. The van der Waals surface area contributed by atoms with Gasteiger partial charge in [-0.25, -0.2) is 0 Å². The molecule has 1 aliphatic heterocycles. The molecule has 0 saturated carbocycles. The summed E-state index contributed by atoms with van der Waals surface area (Å²) in [5.74, 6) is 1.37. The normalized spacial score (nSPS) is 18.5. The lowest BCUT2D eigenvalue weighted by Gasteiger charge is -2.37. The van der Waals surface area contributed by atoms with Crippen molar-refractivity contribution in [3.8, 4) is 11.5 Å². The summed E-state index contributed by atoms with van der Waals surface area (Å²) in [4.78, 5) is 14.6. The first kappa shape index (κ1) is 19.5. The Balaban J connectivity index is 2.01. The zero-order valence-corrected chi connectivity index (χ0v) is 16.1. The standard InChI is InChI=1S/C19H30N2O4/c1-13-9-16(23-5)17(24-6)10-15(13)14(2)20-18(22)11-21-7-8-25-19(3,4)12-21/h9-10,14H,7-8,11-12H2,1-6H3,(H,20,22). The second-order valence-electron chi connectivity index (χ2n) is 7.17. The Bertz CT molecular complexity index is 616. The molecule has 1 saturated heterocycles. The fourth-order valence-corrected chi connectivity index (χ4v) is 3.28. The van der Waals surface area contributed by atoms with Gasteiger partial charge in [0.1, 0.15) is 0 Å². The molecule has 1 N–H and O–H groups in total. The topological polar surface area (TPSA) is 60.0 Å². The van der Waals surface area contributed by atoms with Gasteiger partial charge < -0.3 is 19.5 Å². The van der Waals surface area contributed by atoms with E-state index in [-0.39, 0.29) is 17.6 Å². The third-order valence-corrected chi connectivity index (χ3v) is 4.49. The van der Waals surface area contributed by atoms with E-state index in [0.717, 1.165) is 24.2 Å². The van der Waals surface area contributed by atoms with Crippen LogP contribution in [0.2, 0.25) is 0 Å². The molecule has 1 aliphatic rings. The van der Waals surface area contributed by atoms with E-state index in [9.17, 15) is 4.79 Å². The van der Waals surface area contributed by atoms with Gasteiger partial charge >= 0.3 is 0 Å². The van der Waals surface area contributed by atoms with Crippen LogP contribution in [0.4, 0.5) is 0 Å². The second kappa shape index (κ2) is 8.06. The lowest BCUT2D eigenvalue weighted by Crippen LogP contribution is -2.51. The van der Waals surface area contributed by atoms with Gasteiger partial charge in [-0.1, -0.05) is 0 Å². The Kier molecular flexibility index (Phi) is 6.30. The number of rotatable bonds is 6. The molecule has 6 nitrogen and oxygen atoms in total. The molecule has 0 spiro atoms. The first-order valence-electron chi connectivity index (χ1n) is 8.64. The molecule has 1 fully saturated rings. The fraction of sp³-hybridized carbons (Fsp3) is 0.632. The minimum Gasteiger partial charge on any atom is -0.493 e. The van der Waals surface area contributed by atoms with E-state index in [1.807, 2.05) is 39.8 Å². The van der Waals surface area contributed by atoms with Crippen molar-refractivity contribution in [2.45, 2.75) is 39.3 Å². The molecule has 1 heterocycles. The maximum atomic E-state index is 12.4. The summed E-state index contributed by atoms with van der Waals surface area (Å²) in [7, 11) is 3.23. The SMILES string of the molecule is COc1cc(C)c(C(C)NC(=O)CN2CCOC(C)(C)C2)cc1OC. The van der Waals surface area contributed by atoms with Crippen molar-refractivity contribution in [3.05, 3.63) is 23.3 Å². The predicted octanol–water partition coefficient (Wildman–Crippen LogP) is 2.30. The Labute approximate surface area is 150 Å². The highest BCUT2D eigenvalue weighted by Crippen LogP contribution is 2.32. The van der Waals surface area contributed by atoms with Crippen LogP contribution in [-0.2, 0) is 9.53 Å². The lowest BCUT2D eigenvalue weighted by atomic mass is 10.0. The van der Waals surface area contributed by atoms with Crippen LogP contribution in [-0.4, -0.2) is 56.9 Å². The van der Waals surface area contributed by atoms with Gasteiger partial charge in [-0.05, 0) is 51.0 Å². The van der Waals surface area contributed by atoms with Gasteiger partial charge in [-0.3, -0.25) is 9.69 Å². The monoisotopic (exact) mass is 350 g/mol. The maximum Gasteiger partial charge on any atom is 0.234 e. The molecule has 0 radical (unpaired) electrons. The zero-order chi connectivity index (χ0) is 18.6. The third kappa shape index (κ3) is 5.09. The number of hydrogen-bond acceptors (Lipinski definition) is 5. The van der Waals surface area contributed by atoms with Gasteiger partial charge in [0, 0.05) is 13.1 Å². The van der Waals surface area contributed by atoms with Crippen molar-refractivity contribution in [3.63, 3.8) is 0 Å². The summed E-state index contributed by atoms with van der Waals surface area (Å²) >= 11 is 0. The third-order valence-electron chi connectivity index (χ3n) is 4.49. The summed E-state index contributed by atoms with van der Waals surface area (Å²) in [6.45, 7) is 10.7. The molecule has 1 atom stereocenters. The molecule has 1 aromatic rings. The van der Waals surface area contributed by atoms with Gasteiger partial charge in [0.2, 0.25) is 5.91 Å². The summed E-state index contributed by atoms with van der Waals surface area (Å²) in [5.41, 5.74) is 1.87. The second-order valence-corrected chi connectivity index (χ2v) is 7.17. The number of methoxy groups -OCH3 is 2. The van der Waals surface area contributed by atoms with Crippen LogP contribution in [0.5, 0.6) is 11.5 Å². The fourth-order valence-electron chi connectivity index (χ4n) is 3.28. The number of ether oxygens (including phenoxy) is 3. The van der Waals surface area contributed by atoms with Crippen LogP contribution in [0.15, 0.2) is 12.1 Å². The van der Waals surface area contributed by atoms with Crippen molar-refractivity contribution < 1.29 is 19.0 Å². The van der Waals surface area contributed by atoms with Gasteiger partial charge in [0.15, 0.2) is 11.5 Å². The van der Waals surface area contributed by atoms with E-state index < -0.39 is 0 Å². The van der Waals surface area contributed by atoms with Crippen LogP contribution < -0.4 is 14.8 Å². The number of carbonyl (C=O) groups excluding carboxylic acids is 1. The summed E-state index contributed by atoms with van der Waals surface area (Å²) in [5, 5.41) is 3.08. The highest BCUT2D eigenvalue weighted by atomic mass is 16.5. The van der Waals surface area contributed by atoms with E-state index in [2.05, 4.69) is 10.2 Å². The van der Waals surface area contributed by atoms with Crippen molar-refractivity contribution in [1.29, 1.82) is 0 Å². The molecule has 25 heavy (non-hydrogen) atoms. The Morgan fingerprint density at radius 2 is 1.96 bits per heavy atom. The number of nitrogens with one attached hydrogen (secondary N) is 1. The number of hydrogen-bond donors (Lipinski definition) is 1. The summed E-state index contributed by atoms with van der Waals surface area (Å²) < 4.78 is 16.4. The molecule has 6 heteroatoms. The number of morpholine rings is 1. The number of amides is 1. The Hall–Kier alpha value is -1.79. The molecule has 140 valence electrons. The molecule has 1 aromatic carbocycles. The van der Waals surface area contributed by atoms with Gasteiger partial charge in [0.25, 0.3) is 0 Å². The van der Waals surface area contributed by atoms with E-state index in [0.29, 0.717) is 24.7 Å². The van der Waals surface area contributed by atoms with Gasteiger partial charge in [0.05, 0.1) is 39.0 Å². The smallest absolute Gasteiger partial charge is 0.234 e. The van der Waals surface area contributed by atoms with Gasteiger partial charge in [-0.15, -0.1) is 0 Å². The van der Waals surface area contributed by atoms with Crippen LogP contribution >= 0.6 is 0 Å². The predicted molar refractivity (Wildman–Crippen MR) is 97.3 cm³/mol. The van der Waals surface area contributed by atoms with Crippen molar-refractivity contribution in [1.82, 2.24) is 10.2 Å². The highest BCUT2D eigenvalue weighted by molar-refractivity contribution is 5.78. The molecule has 2 rings (SSSR count). The number of carbonyl (C=O) groups is 1. The molecular formula is C19H30N2O4. The molecule has 1 unspecified atom stereocenters. The average Bonchev–Trinajstić information content (AvgIpc) is 2.53. The van der Waals surface area contributed by atoms with Crippen LogP contribution in [0.25, 0.3) is 0 Å². The van der Waals surface area contributed by atoms with Crippen molar-refractivity contribution in [2.24, 2.45) is 0 Å². The van der Waals surface area contributed by atoms with Crippen LogP contribution in [0.1, 0.15) is 37.9 Å². The first-order valence-corrected chi connectivity index (χ1v) is 8.64. The van der Waals surface area contributed by atoms with E-state index in [4.69, 9.17) is 14.2 Å². The molecular weight excluding hydrogens is 320 g/mol. The number of nitrogens with zero attached hydrogens (tertiary/aromatic N) is 1. The number of benzene rings is 1. The minimum absolute atomic E-state index is 0.0133. The lowest BCUT2D eigenvalue weighted by molar-refractivity contribution is -0.128. The minimum atomic E-state index is -0.204. The quantitative estimate of drug-likeness (QED) is 0.853. The maximum absolute atomic E-state index is 12.4. The molecule has 0 aromatic heterocycles. The van der Waals surface area contributed by atoms with Crippen LogP contribution in [0, 0.1) is 6.92 Å². The van der Waals surface area contributed by atoms with Crippen LogP contribution in [0.3, 0.4) is 0 Å².